The van der Waals surface area contributed by atoms with Gasteiger partial charge in [0.15, 0.2) is 0 Å². The molecule has 0 radical (unpaired) electrons. The molecule has 23 heavy (non-hydrogen) atoms. The summed E-state index contributed by atoms with van der Waals surface area (Å²) < 4.78 is 3.25. The van der Waals surface area contributed by atoms with Crippen LogP contribution in [0.5, 0.6) is 0 Å². The van der Waals surface area contributed by atoms with E-state index in [2.05, 4.69) is 10.4 Å². The van der Waals surface area contributed by atoms with Crippen molar-refractivity contribution in [3.8, 4) is 0 Å². The minimum absolute atomic E-state index is 0.0934. The number of nitrogens with one attached hydrogen (secondary N) is 1. The average molecular weight is 355 g/mol. The standard InChI is InChI=1S/C16H20Cl2N4O/c1-2-21-15(11-6-4-8-19-9-11)20-22(16(21)23)10-12-5-3-7-13(17)14(12)18/h3,5,7,11,19H,2,4,6,8-10H2,1H3/t11-/m0/s1. The van der Waals surface area contributed by atoms with Crippen molar-refractivity contribution in [3.05, 3.63) is 50.1 Å². The van der Waals surface area contributed by atoms with Crippen LogP contribution in [0.2, 0.25) is 10.0 Å². The topological polar surface area (TPSA) is 51.9 Å². The van der Waals surface area contributed by atoms with Crippen LogP contribution in [0.4, 0.5) is 0 Å². The number of rotatable bonds is 4. The highest BCUT2D eigenvalue weighted by Gasteiger charge is 2.23. The summed E-state index contributed by atoms with van der Waals surface area (Å²) in [4.78, 5) is 12.6. The molecule has 124 valence electrons. The van der Waals surface area contributed by atoms with Gasteiger partial charge in [-0.15, -0.1) is 0 Å². The third-order valence-corrected chi connectivity index (χ3v) is 5.14. The van der Waals surface area contributed by atoms with Crippen molar-refractivity contribution in [1.82, 2.24) is 19.7 Å². The van der Waals surface area contributed by atoms with Crippen LogP contribution in [0.15, 0.2) is 23.0 Å². The molecule has 1 saturated heterocycles. The van der Waals surface area contributed by atoms with Gasteiger partial charge >= 0.3 is 5.69 Å². The molecule has 3 rings (SSSR count). The smallest absolute Gasteiger partial charge is 0.316 e. The molecule has 0 bridgehead atoms. The van der Waals surface area contributed by atoms with Gasteiger partial charge in [-0.2, -0.15) is 5.10 Å². The van der Waals surface area contributed by atoms with Gasteiger partial charge in [-0.05, 0) is 37.9 Å². The molecule has 2 heterocycles. The van der Waals surface area contributed by atoms with Crippen LogP contribution in [0.25, 0.3) is 0 Å². The lowest BCUT2D eigenvalue weighted by molar-refractivity contribution is 0.431. The zero-order chi connectivity index (χ0) is 16.4. The Bertz CT molecular complexity index is 747. The van der Waals surface area contributed by atoms with Gasteiger partial charge in [0.25, 0.3) is 0 Å². The molecule has 1 N–H and O–H groups in total. The molecule has 1 aromatic heterocycles. The molecule has 1 aliphatic rings. The Morgan fingerprint density at radius 3 is 2.91 bits per heavy atom. The first-order valence-corrected chi connectivity index (χ1v) is 8.68. The van der Waals surface area contributed by atoms with Crippen molar-refractivity contribution < 1.29 is 0 Å². The summed E-state index contributed by atoms with van der Waals surface area (Å²) in [7, 11) is 0. The van der Waals surface area contributed by atoms with Crippen LogP contribution in [-0.4, -0.2) is 27.4 Å². The minimum atomic E-state index is -0.0934. The maximum atomic E-state index is 12.6. The van der Waals surface area contributed by atoms with Gasteiger partial charge in [-0.1, -0.05) is 35.3 Å². The second kappa shape index (κ2) is 7.07. The molecule has 0 saturated carbocycles. The molecular formula is C16H20Cl2N4O. The summed E-state index contributed by atoms with van der Waals surface area (Å²) in [5.41, 5.74) is 0.708. The molecule has 2 aromatic rings. The molecular weight excluding hydrogens is 335 g/mol. The van der Waals surface area contributed by atoms with Gasteiger partial charge in [0, 0.05) is 19.0 Å². The second-order valence-electron chi connectivity index (χ2n) is 5.80. The Balaban J connectivity index is 1.95. The number of hydrogen-bond acceptors (Lipinski definition) is 3. The van der Waals surface area contributed by atoms with Crippen molar-refractivity contribution in [2.45, 2.75) is 38.8 Å². The van der Waals surface area contributed by atoms with E-state index in [1.54, 1.807) is 10.6 Å². The van der Waals surface area contributed by atoms with Crippen LogP contribution in [-0.2, 0) is 13.1 Å². The molecule has 7 heteroatoms. The van der Waals surface area contributed by atoms with Gasteiger partial charge in [0.2, 0.25) is 0 Å². The molecule has 5 nitrogen and oxygen atoms in total. The van der Waals surface area contributed by atoms with Gasteiger partial charge in [0.1, 0.15) is 5.82 Å². The van der Waals surface area contributed by atoms with Gasteiger partial charge in [0.05, 0.1) is 16.6 Å². The SMILES string of the molecule is CCn1c([C@H]2CCCNC2)nn(Cc2cccc(Cl)c2Cl)c1=O. The number of piperidine rings is 1. The number of benzene rings is 1. The molecule has 1 aromatic carbocycles. The van der Waals surface area contributed by atoms with Crippen LogP contribution in [0.1, 0.15) is 37.1 Å². The molecule has 0 unspecified atom stereocenters. The number of aromatic nitrogens is 3. The lowest BCUT2D eigenvalue weighted by Gasteiger charge is -2.21. The van der Waals surface area contributed by atoms with Crippen molar-refractivity contribution in [2.24, 2.45) is 0 Å². The lowest BCUT2D eigenvalue weighted by Crippen LogP contribution is -2.31. The van der Waals surface area contributed by atoms with Crippen LogP contribution in [0, 0.1) is 0 Å². The monoisotopic (exact) mass is 354 g/mol. The minimum Gasteiger partial charge on any atom is -0.316 e. The maximum absolute atomic E-state index is 12.6. The summed E-state index contributed by atoms with van der Waals surface area (Å²) in [5.74, 6) is 1.15. The Morgan fingerprint density at radius 2 is 2.22 bits per heavy atom. The summed E-state index contributed by atoms with van der Waals surface area (Å²) in [5, 5.41) is 8.94. The fourth-order valence-corrected chi connectivity index (χ4v) is 3.44. The predicted molar refractivity (Wildman–Crippen MR) is 92.6 cm³/mol. The first kappa shape index (κ1) is 16.6. The Labute approximate surface area is 145 Å². The molecule has 1 fully saturated rings. The van der Waals surface area contributed by atoms with Crippen LogP contribution >= 0.6 is 23.2 Å². The predicted octanol–water partition coefficient (Wildman–Crippen LogP) is 2.89. The Morgan fingerprint density at radius 1 is 1.39 bits per heavy atom. The van der Waals surface area contributed by atoms with E-state index in [9.17, 15) is 4.79 Å². The lowest BCUT2D eigenvalue weighted by atomic mass is 9.99. The molecule has 0 spiro atoms. The van der Waals surface area contributed by atoms with Crippen molar-refractivity contribution in [3.63, 3.8) is 0 Å². The second-order valence-corrected chi connectivity index (χ2v) is 6.58. The van der Waals surface area contributed by atoms with E-state index < -0.39 is 0 Å². The fraction of sp³-hybridized carbons (Fsp3) is 0.500. The molecule has 1 aliphatic heterocycles. The normalized spacial score (nSPS) is 18.3. The number of halogens is 2. The van der Waals surface area contributed by atoms with Gasteiger partial charge in [-0.25, -0.2) is 9.48 Å². The first-order valence-electron chi connectivity index (χ1n) is 7.93. The maximum Gasteiger partial charge on any atom is 0.346 e. The average Bonchev–Trinajstić information content (AvgIpc) is 2.88. The highest BCUT2D eigenvalue weighted by Crippen LogP contribution is 2.26. The van der Waals surface area contributed by atoms with Crippen molar-refractivity contribution in [2.75, 3.05) is 13.1 Å². The number of nitrogens with zero attached hydrogens (tertiary/aromatic N) is 3. The van der Waals surface area contributed by atoms with E-state index in [0.717, 1.165) is 37.3 Å². The van der Waals surface area contributed by atoms with E-state index in [0.29, 0.717) is 23.1 Å². The Kier molecular flexibility index (Phi) is 5.09. The summed E-state index contributed by atoms with van der Waals surface area (Å²) >= 11 is 12.3. The van der Waals surface area contributed by atoms with E-state index in [1.807, 2.05) is 19.1 Å². The third kappa shape index (κ3) is 3.32. The molecule has 1 atom stereocenters. The van der Waals surface area contributed by atoms with Crippen LogP contribution in [0.3, 0.4) is 0 Å². The summed E-state index contributed by atoms with van der Waals surface area (Å²) in [6.45, 7) is 4.83. The quantitative estimate of drug-likeness (QED) is 0.918. The summed E-state index contributed by atoms with van der Waals surface area (Å²) in [6.07, 6.45) is 2.16. The summed E-state index contributed by atoms with van der Waals surface area (Å²) in [6, 6.07) is 5.44. The fourth-order valence-electron chi connectivity index (χ4n) is 3.06. The van der Waals surface area contributed by atoms with Gasteiger partial charge < -0.3 is 5.32 Å². The van der Waals surface area contributed by atoms with Crippen molar-refractivity contribution in [1.29, 1.82) is 0 Å². The van der Waals surface area contributed by atoms with Crippen molar-refractivity contribution >= 4 is 23.2 Å². The zero-order valence-electron chi connectivity index (χ0n) is 13.1. The van der Waals surface area contributed by atoms with Crippen LogP contribution < -0.4 is 11.0 Å². The Hall–Kier alpha value is -1.30. The zero-order valence-corrected chi connectivity index (χ0v) is 14.6. The highest BCUT2D eigenvalue weighted by atomic mass is 35.5. The van der Waals surface area contributed by atoms with Gasteiger partial charge in [-0.3, -0.25) is 4.57 Å². The number of hydrogen-bond donors (Lipinski definition) is 1. The highest BCUT2D eigenvalue weighted by molar-refractivity contribution is 6.42. The van der Waals surface area contributed by atoms with E-state index >= 15 is 0 Å². The first-order chi connectivity index (χ1) is 11.1. The van der Waals surface area contributed by atoms with E-state index in [1.165, 1.54) is 4.68 Å². The van der Waals surface area contributed by atoms with E-state index in [4.69, 9.17) is 23.2 Å². The largest absolute Gasteiger partial charge is 0.346 e. The van der Waals surface area contributed by atoms with E-state index in [-0.39, 0.29) is 11.6 Å². The molecule has 0 amide bonds. The molecule has 0 aliphatic carbocycles. The third-order valence-electron chi connectivity index (χ3n) is 4.28.